The van der Waals surface area contributed by atoms with Crippen LogP contribution in [0.25, 0.3) is 0 Å². The number of carbonyl (C=O) groups is 1. The van der Waals surface area contributed by atoms with Crippen LogP contribution in [0, 0.1) is 0 Å². The van der Waals surface area contributed by atoms with Crippen molar-refractivity contribution in [3.63, 3.8) is 0 Å². The third kappa shape index (κ3) is 8.24. The molecule has 0 unspecified atom stereocenters. The number of amides is 1. The number of nitrogens with one attached hydrogen (secondary N) is 3. The Kier molecular flexibility index (Phi) is 8.91. The smallest absolute Gasteiger partial charge is 0.228 e. The average molecular weight is 413 g/mol. The van der Waals surface area contributed by atoms with E-state index in [0.29, 0.717) is 12.1 Å². The number of rotatable bonds is 7. The number of hydrogen-bond acceptors (Lipinski definition) is 3. The average Bonchev–Trinajstić information content (AvgIpc) is 2.45. The van der Waals surface area contributed by atoms with E-state index in [4.69, 9.17) is 47.0 Å². The van der Waals surface area contributed by atoms with Crippen LogP contribution in [0.3, 0.4) is 0 Å². The Morgan fingerprint density at radius 3 is 2.58 bits per heavy atom. The van der Waals surface area contributed by atoms with Crippen LogP contribution in [-0.2, 0) is 4.79 Å². The van der Waals surface area contributed by atoms with Crippen molar-refractivity contribution in [1.82, 2.24) is 10.6 Å². The number of thiocarbonyl (C=S) groups is 1. The van der Waals surface area contributed by atoms with Crippen LogP contribution in [0.15, 0.2) is 24.3 Å². The maximum absolute atomic E-state index is 11.9. The molecule has 0 spiro atoms. The molecule has 1 aromatic carbocycles. The molecule has 1 amide bonds. The standard InChI is InChI=1S/C15H20Cl3N3O2S/c1-2-3-4-8-12(23)20-13(15(16,17)18)21-14(24)19-10-6-5-7-11(22)9-10/h5-7,9,13,22H,2-4,8H2,1H3,(H,20,23)(H2,19,21,24)/t13-/m0/s1. The number of carbonyl (C=O) groups excluding carboxylic acids is 1. The van der Waals surface area contributed by atoms with Crippen molar-refractivity contribution in [1.29, 1.82) is 0 Å². The number of phenols is 1. The second-order valence-electron chi connectivity index (χ2n) is 5.15. The third-order valence-electron chi connectivity index (χ3n) is 3.02. The zero-order chi connectivity index (χ0) is 18.2. The molecule has 0 bridgehead atoms. The van der Waals surface area contributed by atoms with E-state index < -0.39 is 9.96 Å². The van der Waals surface area contributed by atoms with Crippen LogP contribution >= 0.6 is 47.0 Å². The van der Waals surface area contributed by atoms with Gasteiger partial charge in [0.05, 0.1) is 0 Å². The van der Waals surface area contributed by atoms with E-state index in [9.17, 15) is 9.90 Å². The monoisotopic (exact) mass is 411 g/mol. The predicted octanol–water partition coefficient (Wildman–Crippen LogP) is 4.07. The molecule has 24 heavy (non-hydrogen) atoms. The van der Waals surface area contributed by atoms with E-state index in [1.807, 2.05) is 0 Å². The van der Waals surface area contributed by atoms with Crippen molar-refractivity contribution in [3.8, 4) is 5.75 Å². The molecule has 0 fully saturated rings. The first-order valence-corrected chi connectivity index (χ1v) is 8.99. The Morgan fingerprint density at radius 1 is 1.29 bits per heavy atom. The summed E-state index contributed by atoms with van der Waals surface area (Å²) in [7, 11) is 0. The van der Waals surface area contributed by atoms with E-state index in [0.717, 1.165) is 19.3 Å². The number of phenolic OH excluding ortho intramolecular Hbond substituents is 1. The molecule has 1 atom stereocenters. The molecule has 1 aromatic rings. The normalized spacial score (nSPS) is 12.3. The molecule has 0 saturated carbocycles. The lowest BCUT2D eigenvalue weighted by atomic mass is 10.2. The van der Waals surface area contributed by atoms with E-state index in [1.165, 1.54) is 12.1 Å². The molecule has 134 valence electrons. The summed E-state index contributed by atoms with van der Waals surface area (Å²) < 4.78 is -1.79. The maximum Gasteiger partial charge on any atom is 0.228 e. The van der Waals surface area contributed by atoms with Gasteiger partial charge in [0.25, 0.3) is 0 Å². The zero-order valence-electron chi connectivity index (χ0n) is 13.1. The van der Waals surface area contributed by atoms with Crippen LogP contribution < -0.4 is 16.0 Å². The Balaban J connectivity index is 2.62. The Hall–Kier alpha value is -0.950. The Labute approximate surface area is 162 Å². The van der Waals surface area contributed by atoms with Gasteiger partial charge < -0.3 is 21.1 Å². The first kappa shape index (κ1) is 21.1. The van der Waals surface area contributed by atoms with E-state index >= 15 is 0 Å². The minimum absolute atomic E-state index is 0.0879. The predicted molar refractivity (Wildman–Crippen MR) is 104 cm³/mol. The van der Waals surface area contributed by atoms with Crippen molar-refractivity contribution in [2.45, 2.75) is 42.6 Å². The number of aromatic hydroxyl groups is 1. The second-order valence-corrected chi connectivity index (χ2v) is 7.93. The van der Waals surface area contributed by atoms with Gasteiger partial charge in [0.15, 0.2) is 5.11 Å². The fraction of sp³-hybridized carbons (Fsp3) is 0.467. The fourth-order valence-electron chi connectivity index (χ4n) is 1.85. The lowest BCUT2D eigenvalue weighted by Gasteiger charge is -2.27. The molecule has 0 aliphatic carbocycles. The number of halogens is 3. The van der Waals surface area contributed by atoms with Crippen molar-refractivity contribution in [2.75, 3.05) is 5.32 Å². The summed E-state index contributed by atoms with van der Waals surface area (Å²) in [5, 5.41) is 17.8. The van der Waals surface area contributed by atoms with Crippen molar-refractivity contribution < 1.29 is 9.90 Å². The van der Waals surface area contributed by atoms with Crippen LogP contribution in [0.1, 0.15) is 32.6 Å². The lowest BCUT2D eigenvalue weighted by molar-refractivity contribution is -0.122. The maximum atomic E-state index is 11.9. The van der Waals surface area contributed by atoms with Gasteiger partial charge in [-0.3, -0.25) is 4.79 Å². The number of hydrogen-bond donors (Lipinski definition) is 4. The number of unbranched alkanes of at least 4 members (excludes halogenated alkanes) is 2. The number of benzene rings is 1. The third-order valence-corrected chi connectivity index (χ3v) is 3.89. The number of anilines is 1. The van der Waals surface area contributed by atoms with Crippen LogP contribution in [0.2, 0.25) is 0 Å². The minimum atomic E-state index is -1.79. The molecule has 0 aliphatic rings. The molecule has 0 saturated heterocycles. The molecule has 0 radical (unpaired) electrons. The molecule has 4 N–H and O–H groups in total. The molecular formula is C15H20Cl3N3O2S. The quantitative estimate of drug-likeness (QED) is 0.235. The van der Waals surface area contributed by atoms with E-state index in [1.54, 1.807) is 12.1 Å². The highest BCUT2D eigenvalue weighted by Gasteiger charge is 2.34. The molecule has 0 aromatic heterocycles. The first-order chi connectivity index (χ1) is 11.2. The Morgan fingerprint density at radius 2 is 2.00 bits per heavy atom. The summed E-state index contributed by atoms with van der Waals surface area (Å²) in [6, 6.07) is 6.38. The van der Waals surface area contributed by atoms with Gasteiger partial charge in [-0.1, -0.05) is 60.6 Å². The van der Waals surface area contributed by atoms with Gasteiger partial charge >= 0.3 is 0 Å². The van der Waals surface area contributed by atoms with Crippen molar-refractivity contribution in [3.05, 3.63) is 24.3 Å². The summed E-state index contributed by atoms with van der Waals surface area (Å²) in [6.45, 7) is 2.05. The molecular weight excluding hydrogens is 393 g/mol. The molecule has 0 aliphatic heterocycles. The van der Waals surface area contributed by atoms with E-state index in [-0.39, 0.29) is 16.8 Å². The van der Waals surface area contributed by atoms with Crippen LogP contribution in [0.5, 0.6) is 5.75 Å². The summed E-state index contributed by atoms with van der Waals surface area (Å²) in [5.41, 5.74) is 0.560. The molecule has 5 nitrogen and oxygen atoms in total. The van der Waals surface area contributed by atoms with Crippen molar-refractivity contribution >= 4 is 63.7 Å². The largest absolute Gasteiger partial charge is 0.508 e. The highest BCUT2D eigenvalue weighted by molar-refractivity contribution is 7.80. The van der Waals surface area contributed by atoms with Crippen molar-refractivity contribution in [2.24, 2.45) is 0 Å². The topological polar surface area (TPSA) is 73.4 Å². The molecule has 1 rings (SSSR count). The van der Waals surface area contributed by atoms with Gasteiger partial charge in [-0.25, -0.2) is 0 Å². The second kappa shape index (κ2) is 10.1. The molecule has 0 heterocycles. The number of alkyl halides is 3. The van der Waals surface area contributed by atoms with Gasteiger partial charge in [-0.2, -0.15) is 0 Å². The summed E-state index contributed by atoms with van der Waals surface area (Å²) in [5.74, 6) is -0.141. The van der Waals surface area contributed by atoms with Gasteiger partial charge in [0.1, 0.15) is 11.9 Å². The van der Waals surface area contributed by atoms with Crippen LogP contribution in [-0.4, -0.2) is 26.1 Å². The summed E-state index contributed by atoms with van der Waals surface area (Å²) in [6.07, 6.45) is 2.09. The SMILES string of the molecule is CCCCCC(=O)N[C@@H](NC(=S)Nc1cccc(O)c1)C(Cl)(Cl)Cl. The van der Waals surface area contributed by atoms with Gasteiger partial charge in [-0.05, 0) is 30.8 Å². The fourth-order valence-corrected chi connectivity index (χ4v) is 2.41. The van der Waals surface area contributed by atoms with Gasteiger partial charge in [0, 0.05) is 18.2 Å². The summed E-state index contributed by atoms with van der Waals surface area (Å²) in [4.78, 5) is 11.9. The molecule has 9 heteroatoms. The minimum Gasteiger partial charge on any atom is -0.508 e. The summed E-state index contributed by atoms with van der Waals surface area (Å²) >= 11 is 22.9. The van der Waals surface area contributed by atoms with Gasteiger partial charge in [0.2, 0.25) is 9.70 Å². The van der Waals surface area contributed by atoms with Crippen LogP contribution in [0.4, 0.5) is 5.69 Å². The highest BCUT2D eigenvalue weighted by atomic mass is 35.6. The highest BCUT2D eigenvalue weighted by Crippen LogP contribution is 2.29. The zero-order valence-corrected chi connectivity index (χ0v) is 16.2. The Bertz CT molecular complexity index is 567. The lowest BCUT2D eigenvalue weighted by Crippen LogP contribution is -2.56. The van der Waals surface area contributed by atoms with E-state index in [2.05, 4.69) is 22.9 Å². The van der Waals surface area contributed by atoms with Gasteiger partial charge in [-0.15, -0.1) is 0 Å². The first-order valence-electron chi connectivity index (χ1n) is 7.45.